The van der Waals surface area contributed by atoms with E-state index in [1.54, 1.807) is 17.4 Å². The van der Waals surface area contributed by atoms with E-state index in [4.69, 9.17) is 0 Å². The fourth-order valence-electron chi connectivity index (χ4n) is 4.45. The van der Waals surface area contributed by atoms with E-state index in [9.17, 15) is 14.9 Å². The van der Waals surface area contributed by atoms with Crippen molar-refractivity contribution in [3.63, 3.8) is 0 Å². The van der Waals surface area contributed by atoms with E-state index in [2.05, 4.69) is 23.3 Å². The molecule has 0 radical (unpaired) electrons. The van der Waals surface area contributed by atoms with Crippen LogP contribution in [0.25, 0.3) is 0 Å². The van der Waals surface area contributed by atoms with Crippen molar-refractivity contribution in [1.29, 1.82) is 0 Å². The smallest absolute Gasteiger partial charge is 0.270 e. The lowest BCUT2D eigenvalue weighted by molar-refractivity contribution is -0.384. The van der Waals surface area contributed by atoms with Gasteiger partial charge in [0.05, 0.1) is 22.2 Å². The summed E-state index contributed by atoms with van der Waals surface area (Å²) in [5.41, 5.74) is 2.51. The maximum atomic E-state index is 13.6. The van der Waals surface area contributed by atoms with Crippen LogP contribution >= 0.6 is 11.3 Å². The number of anilines is 1. The first kappa shape index (κ1) is 18.9. The van der Waals surface area contributed by atoms with Crippen molar-refractivity contribution in [3.8, 4) is 0 Å². The molecule has 0 N–H and O–H groups in total. The van der Waals surface area contributed by atoms with Gasteiger partial charge in [0, 0.05) is 36.6 Å². The predicted octanol–water partition coefficient (Wildman–Crippen LogP) is 4.80. The Bertz CT molecular complexity index is 889. The van der Waals surface area contributed by atoms with Crippen molar-refractivity contribution in [1.82, 2.24) is 4.90 Å². The Kier molecular flexibility index (Phi) is 5.35. The van der Waals surface area contributed by atoms with Gasteiger partial charge in [0.25, 0.3) is 11.6 Å². The van der Waals surface area contributed by atoms with Gasteiger partial charge in [-0.25, -0.2) is 0 Å². The highest BCUT2D eigenvalue weighted by atomic mass is 32.1. The summed E-state index contributed by atoms with van der Waals surface area (Å²) in [5, 5.41) is 13.4. The number of nitro groups is 1. The molecule has 1 unspecified atom stereocenters. The molecule has 0 aliphatic carbocycles. The van der Waals surface area contributed by atoms with E-state index in [0.29, 0.717) is 12.1 Å². The van der Waals surface area contributed by atoms with Gasteiger partial charge in [0.2, 0.25) is 0 Å². The highest BCUT2D eigenvalue weighted by Crippen LogP contribution is 2.38. The quantitative estimate of drug-likeness (QED) is 0.547. The van der Waals surface area contributed by atoms with Gasteiger partial charge in [0.15, 0.2) is 0 Å². The minimum absolute atomic E-state index is 0.0228. The molecule has 7 heteroatoms. The molecule has 1 fully saturated rings. The number of non-ortho nitro benzene ring substituents is 1. The number of carbonyl (C=O) groups is 1. The van der Waals surface area contributed by atoms with Gasteiger partial charge in [-0.1, -0.05) is 6.92 Å². The molecule has 4 rings (SSSR count). The Morgan fingerprint density at radius 1 is 1.21 bits per heavy atom. The molecule has 0 spiro atoms. The van der Waals surface area contributed by atoms with Crippen LogP contribution in [0.1, 0.15) is 59.4 Å². The number of hydrogen-bond donors (Lipinski definition) is 0. The lowest BCUT2D eigenvalue weighted by Crippen LogP contribution is -2.40. The number of nitrogens with zero attached hydrogens (tertiary/aromatic N) is 3. The average molecular weight is 400 g/mol. The fourth-order valence-corrected chi connectivity index (χ4v) is 5.38. The molecule has 1 amide bonds. The topological polar surface area (TPSA) is 66.7 Å². The number of hydrogen-bond acceptors (Lipinski definition) is 5. The van der Waals surface area contributed by atoms with Crippen LogP contribution < -0.4 is 4.90 Å². The zero-order chi connectivity index (χ0) is 19.7. The van der Waals surface area contributed by atoms with Crippen LogP contribution in [0.5, 0.6) is 0 Å². The number of rotatable bonds is 4. The summed E-state index contributed by atoms with van der Waals surface area (Å²) in [5.74, 6) is -0.0898. The molecule has 0 saturated carbocycles. The van der Waals surface area contributed by atoms with E-state index in [-0.39, 0.29) is 17.6 Å². The van der Waals surface area contributed by atoms with E-state index in [0.717, 1.165) is 44.5 Å². The lowest BCUT2D eigenvalue weighted by atomic mass is 9.96. The molecule has 3 heterocycles. The molecule has 148 valence electrons. The van der Waals surface area contributed by atoms with Crippen molar-refractivity contribution >= 4 is 28.6 Å². The number of fused-ring (bicyclic) bond motifs is 1. The van der Waals surface area contributed by atoms with Crippen molar-refractivity contribution < 1.29 is 9.72 Å². The Balaban J connectivity index is 1.73. The third-order valence-electron chi connectivity index (χ3n) is 5.86. The normalized spacial score (nSPS) is 19.4. The van der Waals surface area contributed by atoms with Gasteiger partial charge in [-0.2, -0.15) is 0 Å². The molecule has 2 aromatic rings. The number of nitro benzene ring substituents is 1. The molecule has 1 aromatic carbocycles. The maximum absolute atomic E-state index is 13.6. The number of benzene rings is 1. The van der Waals surface area contributed by atoms with Gasteiger partial charge >= 0.3 is 0 Å². The number of amides is 1. The minimum Gasteiger partial charge on any atom is -0.371 e. The lowest BCUT2D eigenvalue weighted by Gasteiger charge is -2.37. The maximum Gasteiger partial charge on any atom is 0.270 e. The largest absolute Gasteiger partial charge is 0.371 e. The Morgan fingerprint density at radius 3 is 2.71 bits per heavy atom. The third kappa shape index (κ3) is 3.39. The zero-order valence-electron chi connectivity index (χ0n) is 16.1. The fraction of sp³-hybridized carbons (Fsp3) is 0.476. The summed E-state index contributed by atoms with van der Waals surface area (Å²) in [6.07, 6.45) is 5.05. The molecule has 1 atom stereocenters. The summed E-state index contributed by atoms with van der Waals surface area (Å²) >= 11 is 1.75. The van der Waals surface area contributed by atoms with Crippen LogP contribution in [-0.2, 0) is 6.42 Å². The second kappa shape index (κ2) is 7.91. The molecule has 1 aromatic heterocycles. The molecule has 2 aliphatic rings. The van der Waals surface area contributed by atoms with Crippen LogP contribution in [0.15, 0.2) is 29.6 Å². The summed E-state index contributed by atoms with van der Waals surface area (Å²) < 4.78 is 0. The zero-order valence-corrected chi connectivity index (χ0v) is 16.9. The Labute approximate surface area is 168 Å². The first-order valence-electron chi connectivity index (χ1n) is 10.0. The SMILES string of the molecule is CCC1c2ccsc2CCN1C(=O)c1cc([N+](=O)[O-])ccc1N1CCCCC1. The predicted molar refractivity (Wildman–Crippen MR) is 111 cm³/mol. The van der Waals surface area contributed by atoms with Crippen LogP contribution in [0, 0.1) is 10.1 Å². The molecular formula is C21H25N3O3S. The van der Waals surface area contributed by atoms with Gasteiger partial charge in [0.1, 0.15) is 0 Å². The summed E-state index contributed by atoms with van der Waals surface area (Å²) in [6.45, 7) is 4.54. The average Bonchev–Trinajstić information content (AvgIpc) is 3.21. The Morgan fingerprint density at radius 2 is 2.00 bits per heavy atom. The van der Waals surface area contributed by atoms with E-state index in [1.807, 2.05) is 4.90 Å². The number of piperidine rings is 1. The van der Waals surface area contributed by atoms with Gasteiger partial charge in [-0.05, 0) is 55.2 Å². The van der Waals surface area contributed by atoms with Crippen molar-refractivity contribution in [3.05, 3.63) is 55.8 Å². The first-order chi connectivity index (χ1) is 13.6. The van der Waals surface area contributed by atoms with Crippen LogP contribution in [0.4, 0.5) is 11.4 Å². The monoisotopic (exact) mass is 399 g/mol. The number of carbonyl (C=O) groups excluding carboxylic acids is 1. The highest BCUT2D eigenvalue weighted by molar-refractivity contribution is 7.10. The molecule has 6 nitrogen and oxygen atoms in total. The minimum atomic E-state index is -0.415. The Hall–Kier alpha value is -2.41. The summed E-state index contributed by atoms with van der Waals surface area (Å²) in [4.78, 5) is 30.0. The third-order valence-corrected chi connectivity index (χ3v) is 6.86. The van der Waals surface area contributed by atoms with E-state index >= 15 is 0 Å². The standard InChI is InChI=1S/C21H25N3O3S/c1-2-18-16-9-13-28-20(16)8-12-23(18)21(25)17-14-15(24(26)27)6-7-19(17)22-10-4-3-5-11-22/h6-7,9,13-14,18H,2-5,8,10-12H2,1H3. The van der Waals surface area contributed by atoms with Gasteiger partial charge in [-0.15, -0.1) is 11.3 Å². The van der Waals surface area contributed by atoms with Gasteiger partial charge in [-0.3, -0.25) is 14.9 Å². The molecule has 1 saturated heterocycles. The second-order valence-corrected chi connectivity index (χ2v) is 8.48. The highest BCUT2D eigenvalue weighted by Gasteiger charge is 2.33. The van der Waals surface area contributed by atoms with Crippen LogP contribution in [0.2, 0.25) is 0 Å². The molecule has 28 heavy (non-hydrogen) atoms. The first-order valence-corrected chi connectivity index (χ1v) is 10.9. The van der Waals surface area contributed by atoms with E-state index < -0.39 is 4.92 Å². The number of thiophene rings is 1. The summed E-state index contributed by atoms with van der Waals surface area (Å²) in [7, 11) is 0. The van der Waals surface area contributed by atoms with Crippen molar-refractivity contribution in [2.45, 2.75) is 45.1 Å². The van der Waals surface area contributed by atoms with Gasteiger partial charge < -0.3 is 9.80 Å². The van der Waals surface area contributed by atoms with Crippen molar-refractivity contribution in [2.75, 3.05) is 24.5 Å². The van der Waals surface area contributed by atoms with Crippen LogP contribution in [0.3, 0.4) is 0 Å². The molecule has 0 bridgehead atoms. The molecular weight excluding hydrogens is 374 g/mol. The van der Waals surface area contributed by atoms with Crippen LogP contribution in [-0.4, -0.2) is 35.4 Å². The van der Waals surface area contributed by atoms with E-state index in [1.165, 1.54) is 29.0 Å². The van der Waals surface area contributed by atoms with Crippen molar-refractivity contribution in [2.24, 2.45) is 0 Å². The second-order valence-electron chi connectivity index (χ2n) is 7.48. The summed E-state index contributed by atoms with van der Waals surface area (Å²) in [6, 6.07) is 6.91. The molecule has 2 aliphatic heterocycles.